The predicted molar refractivity (Wildman–Crippen MR) is 67.4 cm³/mol. The van der Waals surface area contributed by atoms with E-state index in [2.05, 4.69) is 5.32 Å². The Bertz CT molecular complexity index is 672. The van der Waals surface area contributed by atoms with E-state index < -0.39 is 28.2 Å². The van der Waals surface area contributed by atoms with Crippen molar-refractivity contribution in [3.8, 4) is 0 Å². The third kappa shape index (κ3) is 2.94. The molecule has 0 spiro atoms. The second-order valence-electron chi connectivity index (χ2n) is 3.88. The van der Waals surface area contributed by atoms with E-state index in [1.807, 2.05) is 0 Å². The normalized spacial score (nSPS) is 10.1. The summed E-state index contributed by atoms with van der Waals surface area (Å²) < 4.78 is 26.1. The number of amides is 1. The van der Waals surface area contributed by atoms with Crippen LogP contribution in [0.1, 0.15) is 10.4 Å². The van der Waals surface area contributed by atoms with Gasteiger partial charge in [0, 0.05) is 23.4 Å². The van der Waals surface area contributed by atoms with Crippen molar-refractivity contribution in [1.82, 2.24) is 0 Å². The number of carbonyl (C=O) groups is 1. The molecule has 0 aliphatic heterocycles. The molecule has 2 aromatic carbocycles. The molecule has 1 N–H and O–H groups in total. The molecule has 2 aromatic rings. The van der Waals surface area contributed by atoms with Crippen LogP contribution in [0.15, 0.2) is 42.5 Å². The van der Waals surface area contributed by atoms with Crippen LogP contribution in [0, 0.1) is 21.7 Å². The van der Waals surface area contributed by atoms with E-state index in [-0.39, 0.29) is 11.3 Å². The summed E-state index contributed by atoms with van der Waals surface area (Å²) in [5.74, 6) is -2.10. The Morgan fingerprint density at radius 3 is 2.30 bits per heavy atom. The van der Waals surface area contributed by atoms with Crippen molar-refractivity contribution in [2.45, 2.75) is 0 Å². The topological polar surface area (TPSA) is 72.2 Å². The monoisotopic (exact) mass is 278 g/mol. The number of nitrogens with one attached hydrogen (secondary N) is 1. The van der Waals surface area contributed by atoms with Crippen LogP contribution in [0.4, 0.5) is 20.2 Å². The highest BCUT2D eigenvalue weighted by molar-refractivity contribution is 6.04. The van der Waals surface area contributed by atoms with Crippen LogP contribution in [0.25, 0.3) is 0 Å². The summed E-state index contributed by atoms with van der Waals surface area (Å²) in [5.41, 5.74) is -0.419. The molecule has 5 nitrogen and oxygen atoms in total. The van der Waals surface area contributed by atoms with Gasteiger partial charge in [-0.05, 0) is 30.3 Å². The number of carbonyl (C=O) groups excluding carboxylic acids is 1. The zero-order valence-electron chi connectivity index (χ0n) is 9.97. The Labute approximate surface area is 112 Å². The molecule has 0 fully saturated rings. The minimum Gasteiger partial charge on any atom is -0.322 e. The first-order valence-electron chi connectivity index (χ1n) is 5.48. The highest BCUT2D eigenvalue weighted by Crippen LogP contribution is 2.21. The lowest BCUT2D eigenvalue weighted by atomic mass is 10.2. The molecule has 0 unspecified atom stereocenters. The zero-order chi connectivity index (χ0) is 14.7. The third-order valence-electron chi connectivity index (χ3n) is 2.51. The first kappa shape index (κ1) is 13.6. The number of hydrogen-bond acceptors (Lipinski definition) is 3. The summed E-state index contributed by atoms with van der Waals surface area (Å²) in [7, 11) is 0. The Kier molecular flexibility index (Phi) is 3.69. The van der Waals surface area contributed by atoms with Gasteiger partial charge in [0.15, 0.2) is 0 Å². The molecule has 20 heavy (non-hydrogen) atoms. The van der Waals surface area contributed by atoms with E-state index in [0.717, 1.165) is 24.3 Å². The van der Waals surface area contributed by atoms with Crippen LogP contribution in [0.3, 0.4) is 0 Å². The minimum atomic E-state index is -1.05. The maximum Gasteiger partial charge on any atom is 0.304 e. The highest BCUT2D eigenvalue weighted by Gasteiger charge is 2.15. The molecule has 0 radical (unpaired) electrons. The average Bonchev–Trinajstić information content (AvgIpc) is 2.39. The van der Waals surface area contributed by atoms with Crippen LogP contribution in [0.2, 0.25) is 0 Å². The lowest BCUT2D eigenvalue weighted by Gasteiger charge is -2.05. The quantitative estimate of drug-likeness (QED) is 0.692. The number of halogens is 2. The van der Waals surface area contributed by atoms with Gasteiger partial charge in [-0.15, -0.1) is 0 Å². The van der Waals surface area contributed by atoms with Gasteiger partial charge in [0.1, 0.15) is 5.82 Å². The molecular weight excluding hydrogens is 270 g/mol. The number of nitro benzene ring substituents is 1. The van der Waals surface area contributed by atoms with Crippen LogP contribution in [-0.4, -0.2) is 10.8 Å². The summed E-state index contributed by atoms with van der Waals surface area (Å²) in [6, 6.07) is 7.79. The van der Waals surface area contributed by atoms with E-state index in [9.17, 15) is 23.7 Å². The molecule has 0 saturated carbocycles. The summed E-state index contributed by atoms with van der Waals surface area (Å²) >= 11 is 0. The number of anilines is 1. The minimum absolute atomic E-state index is 0.0717. The fourth-order valence-corrected chi connectivity index (χ4v) is 1.54. The van der Waals surface area contributed by atoms with E-state index >= 15 is 0 Å². The van der Waals surface area contributed by atoms with Gasteiger partial charge in [-0.3, -0.25) is 14.9 Å². The largest absolute Gasteiger partial charge is 0.322 e. The lowest BCUT2D eigenvalue weighted by Crippen LogP contribution is -2.12. The molecule has 7 heteroatoms. The lowest BCUT2D eigenvalue weighted by molar-refractivity contribution is -0.387. The number of nitrogens with zero attached hydrogens (tertiary/aromatic N) is 1. The number of rotatable bonds is 3. The van der Waals surface area contributed by atoms with Crippen molar-refractivity contribution in [2.75, 3.05) is 5.32 Å². The fourth-order valence-electron chi connectivity index (χ4n) is 1.54. The van der Waals surface area contributed by atoms with Gasteiger partial charge >= 0.3 is 5.69 Å². The molecule has 0 aliphatic rings. The van der Waals surface area contributed by atoms with Crippen LogP contribution < -0.4 is 5.32 Å². The average molecular weight is 278 g/mol. The van der Waals surface area contributed by atoms with Crippen molar-refractivity contribution in [2.24, 2.45) is 0 Å². The van der Waals surface area contributed by atoms with Gasteiger partial charge < -0.3 is 5.32 Å². The molecule has 102 valence electrons. The van der Waals surface area contributed by atoms with Crippen LogP contribution in [-0.2, 0) is 0 Å². The highest BCUT2D eigenvalue weighted by atomic mass is 19.1. The van der Waals surface area contributed by atoms with Gasteiger partial charge in [0.25, 0.3) is 5.91 Å². The smallest absolute Gasteiger partial charge is 0.304 e. The fraction of sp³-hybridized carbons (Fsp3) is 0. The van der Waals surface area contributed by atoms with Crippen molar-refractivity contribution < 1.29 is 18.5 Å². The summed E-state index contributed by atoms with van der Waals surface area (Å²) in [5, 5.41) is 12.8. The number of hydrogen-bond donors (Lipinski definition) is 1. The van der Waals surface area contributed by atoms with Crippen molar-refractivity contribution in [3.05, 3.63) is 69.8 Å². The van der Waals surface area contributed by atoms with E-state index in [1.54, 1.807) is 0 Å². The Morgan fingerprint density at radius 2 is 1.75 bits per heavy atom. The molecule has 0 heterocycles. The molecule has 2 rings (SSSR count). The molecule has 0 aromatic heterocycles. The van der Waals surface area contributed by atoms with Gasteiger partial charge in [0.05, 0.1) is 4.92 Å². The first-order valence-corrected chi connectivity index (χ1v) is 5.48. The standard InChI is InChI=1S/C13H8F2N2O3/c14-9-3-1-8(2-4-9)13(18)16-10-5-6-12(17(19)20)11(15)7-10/h1-7H,(H,16,18). The van der Waals surface area contributed by atoms with E-state index in [0.29, 0.717) is 0 Å². The Balaban J connectivity index is 2.18. The van der Waals surface area contributed by atoms with Gasteiger partial charge in [0.2, 0.25) is 5.82 Å². The predicted octanol–water partition coefficient (Wildman–Crippen LogP) is 3.13. The molecule has 0 aliphatic carbocycles. The van der Waals surface area contributed by atoms with Crippen LogP contribution >= 0.6 is 0 Å². The molecule has 1 amide bonds. The molecular formula is C13H8F2N2O3. The van der Waals surface area contributed by atoms with Crippen LogP contribution in [0.5, 0.6) is 0 Å². The Morgan fingerprint density at radius 1 is 1.10 bits per heavy atom. The Hall–Kier alpha value is -2.83. The third-order valence-corrected chi connectivity index (χ3v) is 2.51. The second-order valence-corrected chi connectivity index (χ2v) is 3.88. The number of benzene rings is 2. The van der Waals surface area contributed by atoms with E-state index in [1.165, 1.54) is 18.2 Å². The number of nitro groups is 1. The van der Waals surface area contributed by atoms with Gasteiger partial charge in [-0.1, -0.05) is 0 Å². The summed E-state index contributed by atoms with van der Waals surface area (Å²) in [4.78, 5) is 21.4. The molecule has 0 saturated heterocycles. The molecule has 0 atom stereocenters. The van der Waals surface area contributed by atoms with Gasteiger partial charge in [-0.25, -0.2) is 4.39 Å². The molecule has 0 bridgehead atoms. The SMILES string of the molecule is O=C(Nc1ccc([N+](=O)[O-])c(F)c1)c1ccc(F)cc1. The van der Waals surface area contributed by atoms with Crippen molar-refractivity contribution in [1.29, 1.82) is 0 Å². The first-order chi connectivity index (χ1) is 9.47. The zero-order valence-corrected chi connectivity index (χ0v) is 9.97. The van der Waals surface area contributed by atoms with E-state index in [4.69, 9.17) is 0 Å². The second kappa shape index (κ2) is 5.43. The van der Waals surface area contributed by atoms with Crippen molar-refractivity contribution in [3.63, 3.8) is 0 Å². The van der Waals surface area contributed by atoms with Crippen molar-refractivity contribution >= 4 is 17.3 Å². The maximum absolute atomic E-state index is 13.4. The van der Waals surface area contributed by atoms with Gasteiger partial charge in [-0.2, -0.15) is 4.39 Å². The summed E-state index contributed by atoms with van der Waals surface area (Å²) in [6.07, 6.45) is 0. The summed E-state index contributed by atoms with van der Waals surface area (Å²) in [6.45, 7) is 0. The maximum atomic E-state index is 13.4.